The summed E-state index contributed by atoms with van der Waals surface area (Å²) < 4.78 is 5.28. The van der Waals surface area contributed by atoms with E-state index in [0.29, 0.717) is 27.6 Å². The molecule has 0 radical (unpaired) electrons. The molecule has 0 bridgehead atoms. The van der Waals surface area contributed by atoms with Crippen molar-refractivity contribution < 1.29 is 9.84 Å². The summed E-state index contributed by atoms with van der Waals surface area (Å²) in [5.74, 6) is 0.820. The Kier molecular flexibility index (Phi) is 2.91. The van der Waals surface area contributed by atoms with Gasteiger partial charge in [0.1, 0.15) is 11.6 Å². The van der Waals surface area contributed by atoms with Crippen molar-refractivity contribution in [1.29, 1.82) is 0 Å². The summed E-state index contributed by atoms with van der Waals surface area (Å²) in [6.45, 7) is 0. The second kappa shape index (κ2) is 4.75. The average molecular weight is 328 g/mol. The van der Waals surface area contributed by atoms with Crippen LogP contribution in [0.15, 0.2) is 47.6 Å². The van der Waals surface area contributed by atoms with Crippen molar-refractivity contribution in [3.63, 3.8) is 0 Å². The van der Waals surface area contributed by atoms with Gasteiger partial charge in [0.2, 0.25) is 0 Å². The van der Waals surface area contributed by atoms with Crippen LogP contribution in [0.4, 0.5) is 5.69 Å². The highest BCUT2D eigenvalue weighted by Gasteiger charge is 2.44. The summed E-state index contributed by atoms with van der Waals surface area (Å²) in [4.78, 5) is 7.44. The number of aromatic nitrogens is 1. The Morgan fingerprint density at radius 2 is 2.04 bits per heavy atom. The SMILES string of the molecule is COc1ccc2[nH]cc(C3(O)C(N)=Nc4ccc(Cl)cc43)c2c1. The fourth-order valence-corrected chi connectivity index (χ4v) is 3.23. The number of nitrogens with one attached hydrogen (secondary N) is 1. The predicted molar refractivity (Wildman–Crippen MR) is 90.6 cm³/mol. The second-order valence-electron chi connectivity index (χ2n) is 5.48. The molecule has 0 saturated heterocycles. The summed E-state index contributed by atoms with van der Waals surface area (Å²) in [6, 6.07) is 10.8. The van der Waals surface area contributed by atoms with Crippen molar-refractivity contribution in [2.75, 3.05) is 7.11 Å². The number of hydrogen-bond donors (Lipinski definition) is 3. The Labute approximate surface area is 137 Å². The first-order chi connectivity index (χ1) is 11.0. The fraction of sp³-hybridized carbons (Fsp3) is 0.118. The van der Waals surface area contributed by atoms with E-state index in [4.69, 9.17) is 22.1 Å². The van der Waals surface area contributed by atoms with Crippen LogP contribution >= 0.6 is 11.6 Å². The molecule has 5 nitrogen and oxygen atoms in total. The van der Waals surface area contributed by atoms with E-state index in [1.54, 1.807) is 31.5 Å². The zero-order chi connectivity index (χ0) is 16.2. The highest BCUT2D eigenvalue weighted by Crippen LogP contribution is 2.45. The number of methoxy groups -OCH3 is 1. The Morgan fingerprint density at radius 3 is 2.83 bits per heavy atom. The minimum Gasteiger partial charge on any atom is -0.497 e. The largest absolute Gasteiger partial charge is 0.497 e. The molecular weight excluding hydrogens is 314 g/mol. The second-order valence-corrected chi connectivity index (χ2v) is 5.92. The first-order valence-corrected chi connectivity index (χ1v) is 7.44. The quantitative estimate of drug-likeness (QED) is 0.676. The molecule has 1 aromatic heterocycles. The molecule has 4 rings (SSSR count). The third-order valence-corrected chi connectivity index (χ3v) is 4.47. The maximum absolute atomic E-state index is 11.4. The van der Waals surface area contributed by atoms with Crippen LogP contribution in [0.3, 0.4) is 0 Å². The van der Waals surface area contributed by atoms with Crippen molar-refractivity contribution in [2.24, 2.45) is 10.7 Å². The van der Waals surface area contributed by atoms with Gasteiger partial charge in [0, 0.05) is 33.2 Å². The monoisotopic (exact) mass is 327 g/mol. The van der Waals surface area contributed by atoms with Gasteiger partial charge in [-0.2, -0.15) is 0 Å². The number of nitrogens with two attached hydrogens (primary N) is 1. The van der Waals surface area contributed by atoms with E-state index in [2.05, 4.69) is 9.98 Å². The van der Waals surface area contributed by atoms with Crippen LogP contribution < -0.4 is 10.5 Å². The lowest BCUT2D eigenvalue weighted by Crippen LogP contribution is -2.39. The molecule has 6 heteroatoms. The van der Waals surface area contributed by atoms with Crippen LogP contribution in [0.2, 0.25) is 5.02 Å². The van der Waals surface area contributed by atoms with Crippen LogP contribution in [0.25, 0.3) is 10.9 Å². The van der Waals surface area contributed by atoms with E-state index in [-0.39, 0.29) is 5.84 Å². The molecule has 1 aliphatic rings. The lowest BCUT2D eigenvalue weighted by Gasteiger charge is -2.24. The van der Waals surface area contributed by atoms with E-state index < -0.39 is 5.60 Å². The topological polar surface area (TPSA) is 83.6 Å². The van der Waals surface area contributed by atoms with Gasteiger partial charge in [-0.1, -0.05) is 11.6 Å². The Bertz CT molecular complexity index is 964. The summed E-state index contributed by atoms with van der Waals surface area (Å²) in [5, 5.41) is 12.7. The molecule has 0 fully saturated rings. The molecule has 1 atom stereocenters. The van der Waals surface area contributed by atoms with Gasteiger partial charge in [0.15, 0.2) is 5.60 Å². The van der Waals surface area contributed by atoms with Gasteiger partial charge in [-0.25, -0.2) is 4.99 Å². The molecule has 0 amide bonds. The van der Waals surface area contributed by atoms with E-state index >= 15 is 0 Å². The number of hydrogen-bond acceptors (Lipinski definition) is 4. The maximum atomic E-state index is 11.4. The molecule has 4 N–H and O–H groups in total. The van der Waals surface area contributed by atoms with E-state index in [1.807, 2.05) is 18.2 Å². The van der Waals surface area contributed by atoms with Crippen molar-refractivity contribution >= 4 is 34.0 Å². The van der Waals surface area contributed by atoms with Crippen LogP contribution in [-0.4, -0.2) is 23.0 Å². The number of H-pyrrole nitrogens is 1. The summed E-state index contributed by atoms with van der Waals surface area (Å²) >= 11 is 6.10. The van der Waals surface area contributed by atoms with Crippen molar-refractivity contribution in [3.05, 3.63) is 58.7 Å². The lowest BCUT2D eigenvalue weighted by molar-refractivity contribution is 0.160. The summed E-state index contributed by atoms with van der Waals surface area (Å²) in [5.41, 5.74) is 7.24. The number of benzene rings is 2. The van der Waals surface area contributed by atoms with Crippen LogP contribution in [0.5, 0.6) is 5.75 Å². The maximum Gasteiger partial charge on any atom is 0.176 e. The highest BCUT2D eigenvalue weighted by molar-refractivity contribution is 6.30. The Morgan fingerprint density at radius 1 is 1.22 bits per heavy atom. The summed E-state index contributed by atoms with van der Waals surface area (Å²) in [7, 11) is 1.60. The van der Waals surface area contributed by atoms with E-state index in [0.717, 1.165) is 10.9 Å². The van der Waals surface area contributed by atoms with E-state index in [9.17, 15) is 5.11 Å². The zero-order valence-corrected chi connectivity index (χ0v) is 13.1. The first-order valence-electron chi connectivity index (χ1n) is 7.06. The molecule has 1 unspecified atom stereocenters. The molecule has 0 saturated carbocycles. The predicted octanol–water partition coefficient (Wildman–Crippen LogP) is 3.07. The van der Waals surface area contributed by atoms with Gasteiger partial charge in [0.05, 0.1) is 12.8 Å². The average Bonchev–Trinajstić information content (AvgIpc) is 3.08. The van der Waals surface area contributed by atoms with E-state index in [1.165, 1.54) is 0 Å². The number of ether oxygens (including phenoxy) is 1. The Balaban J connectivity index is 2.01. The smallest absolute Gasteiger partial charge is 0.176 e. The summed E-state index contributed by atoms with van der Waals surface area (Å²) in [6.07, 6.45) is 1.74. The number of aliphatic imine (C=N–C) groups is 1. The number of amidine groups is 1. The molecule has 116 valence electrons. The highest BCUT2D eigenvalue weighted by atomic mass is 35.5. The number of rotatable bonds is 2. The lowest BCUT2D eigenvalue weighted by atomic mass is 9.86. The fourth-order valence-electron chi connectivity index (χ4n) is 3.05. The minimum atomic E-state index is -1.52. The van der Waals surface area contributed by atoms with Gasteiger partial charge in [-0.05, 0) is 36.4 Å². The van der Waals surface area contributed by atoms with Crippen molar-refractivity contribution in [2.45, 2.75) is 5.60 Å². The standard InChI is InChI=1S/C17H14ClN3O2/c1-23-10-3-5-14-11(7-10)13(8-20-14)17(22)12-6-9(18)2-4-15(12)21-16(17)19/h2-8,20,22H,1H3,(H2,19,21). The normalized spacial score (nSPS) is 19.7. The third kappa shape index (κ3) is 1.87. The van der Waals surface area contributed by atoms with Gasteiger partial charge in [-0.15, -0.1) is 0 Å². The van der Waals surface area contributed by atoms with Gasteiger partial charge >= 0.3 is 0 Å². The zero-order valence-electron chi connectivity index (χ0n) is 12.3. The first kappa shape index (κ1) is 14.1. The van der Waals surface area contributed by atoms with Crippen molar-refractivity contribution in [1.82, 2.24) is 4.98 Å². The number of fused-ring (bicyclic) bond motifs is 2. The molecule has 3 aromatic rings. The van der Waals surface area contributed by atoms with Gasteiger partial charge < -0.3 is 20.6 Å². The number of nitrogens with zero attached hydrogens (tertiary/aromatic N) is 1. The van der Waals surface area contributed by atoms with Crippen molar-refractivity contribution in [3.8, 4) is 5.75 Å². The van der Waals surface area contributed by atoms with Crippen LogP contribution in [-0.2, 0) is 5.60 Å². The molecule has 1 aliphatic heterocycles. The van der Waals surface area contributed by atoms with Crippen LogP contribution in [0.1, 0.15) is 11.1 Å². The van der Waals surface area contributed by atoms with Crippen LogP contribution in [0, 0.1) is 0 Å². The number of aromatic amines is 1. The molecule has 23 heavy (non-hydrogen) atoms. The van der Waals surface area contributed by atoms with Gasteiger partial charge in [-0.3, -0.25) is 0 Å². The molecule has 2 aromatic carbocycles. The minimum absolute atomic E-state index is 0.124. The number of halogens is 1. The third-order valence-electron chi connectivity index (χ3n) is 4.24. The molecule has 0 aliphatic carbocycles. The Hall–Kier alpha value is -2.50. The number of aliphatic hydroxyl groups is 1. The molecule has 2 heterocycles. The molecular formula is C17H14ClN3O2. The van der Waals surface area contributed by atoms with Gasteiger partial charge in [0.25, 0.3) is 0 Å². The molecule has 0 spiro atoms.